The third-order valence-corrected chi connectivity index (χ3v) is 2.23. The van der Waals surface area contributed by atoms with Crippen molar-refractivity contribution >= 4 is 22.8 Å². The Bertz CT molecular complexity index is 621. The molecule has 0 aliphatic rings. The number of halogens is 1. The molecule has 3 N–H and O–H groups in total. The van der Waals surface area contributed by atoms with Crippen molar-refractivity contribution in [1.29, 1.82) is 0 Å². The Morgan fingerprint density at radius 1 is 1.47 bits per heavy atom. The topological polar surface area (TPSA) is 98.2 Å². The number of nitrogens with two attached hydrogens (primary N) is 1. The second-order valence-electron chi connectivity index (χ2n) is 3.43. The second-order valence-corrected chi connectivity index (χ2v) is 3.43. The van der Waals surface area contributed by atoms with Gasteiger partial charge in [0.15, 0.2) is 5.69 Å². The lowest BCUT2D eigenvalue weighted by molar-refractivity contribution is -0.137. The fraction of sp³-hybridized carbons (Fsp3) is 0.100. The molecule has 1 heterocycles. The van der Waals surface area contributed by atoms with Gasteiger partial charge in [-0.3, -0.25) is 14.3 Å². The van der Waals surface area contributed by atoms with Gasteiger partial charge in [-0.2, -0.15) is 5.10 Å². The highest BCUT2D eigenvalue weighted by Gasteiger charge is 2.16. The minimum Gasteiger partial charge on any atom is -0.480 e. The molecule has 0 aliphatic heterocycles. The van der Waals surface area contributed by atoms with Gasteiger partial charge in [0.05, 0.1) is 5.52 Å². The Kier molecular flexibility index (Phi) is 2.51. The minimum atomic E-state index is -1.12. The maximum Gasteiger partial charge on any atom is 0.325 e. The highest BCUT2D eigenvalue weighted by molar-refractivity contribution is 6.04. The summed E-state index contributed by atoms with van der Waals surface area (Å²) >= 11 is 0. The number of primary amides is 1. The van der Waals surface area contributed by atoms with E-state index >= 15 is 0 Å². The standard InChI is InChI=1S/C10H8FN3O3/c11-5-1-2-7-6(3-5)9(10(12)17)13-14(7)4-8(15)16/h1-3H,4H2,(H2,12,17)(H,15,16). The first-order valence-corrected chi connectivity index (χ1v) is 4.66. The number of aromatic nitrogens is 2. The quantitative estimate of drug-likeness (QED) is 0.805. The van der Waals surface area contributed by atoms with E-state index in [1.807, 2.05) is 0 Å². The number of benzene rings is 1. The molecule has 1 amide bonds. The maximum absolute atomic E-state index is 13.0. The van der Waals surface area contributed by atoms with Crippen LogP contribution in [0.1, 0.15) is 10.5 Å². The summed E-state index contributed by atoms with van der Waals surface area (Å²) in [5.41, 5.74) is 5.30. The molecule has 6 nitrogen and oxygen atoms in total. The number of carbonyl (C=O) groups is 2. The summed E-state index contributed by atoms with van der Waals surface area (Å²) in [6.07, 6.45) is 0. The Morgan fingerprint density at radius 3 is 2.76 bits per heavy atom. The molecule has 0 saturated carbocycles. The molecule has 0 bridgehead atoms. The number of amides is 1. The molecular formula is C10H8FN3O3. The molecule has 17 heavy (non-hydrogen) atoms. The molecule has 0 saturated heterocycles. The lowest BCUT2D eigenvalue weighted by Crippen LogP contribution is -2.14. The number of fused-ring (bicyclic) bond motifs is 1. The third kappa shape index (κ3) is 1.94. The van der Waals surface area contributed by atoms with Crippen LogP contribution in [0.4, 0.5) is 4.39 Å². The molecule has 2 rings (SSSR count). The van der Waals surface area contributed by atoms with E-state index in [0.717, 1.165) is 16.8 Å². The van der Waals surface area contributed by atoms with Gasteiger partial charge in [0.25, 0.3) is 5.91 Å². The van der Waals surface area contributed by atoms with Gasteiger partial charge in [-0.25, -0.2) is 4.39 Å². The summed E-state index contributed by atoms with van der Waals surface area (Å²) in [7, 11) is 0. The van der Waals surface area contributed by atoms with Crippen molar-refractivity contribution in [2.75, 3.05) is 0 Å². The van der Waals surface area contributed by atoms with Crippen molar-refractivity contribution in [1.82, 2.24) is 9.78 Å². The third-order valence-electron chi connectivity index (χ3n) is 2.23. The van der Waals surface area contributed by atoms with Crippen LogP contribution in [0.25, 0.3) is 10.9 Å². The van der Waals surface area contributed by atoms with Gasteiger partial charge in [0.2, 0.25) is 0 Å². The number of hydrogen-bond acceptors (Lipinski definition) is 3. The Labute approximate surface area is 94.4 Å². The monoisotopic (exact) mass is 237 g/mol. The second kappa shape index (κ2) is 3.85. The number of hydrogen-bond donors (Lipinski definition) is 2. The summed E-state index contributed by atoms with van der Waals surface area (Å²) in [5.74, 6) is -2.49. The molecule has 0 unspecified atom stereocenters. The zero-order valence-electron chi connectivity index (χ0n) is 8.55. The first-order chi connectivity index (χ1) is 7.99. The molecule has 0 aliphatic carbocycles. The van der Waals surface area contributed by atoms with Crippen molar-refractivity contribution in [2.45, 2.75) is 6.54 Å². The highest BCUT2D eigenvalue weighted by atomic mass is 19.1. The predicted molar refractivity (Wildman–Crippen MR) is 55.8 cm³/mol. The van der Waals surface area contributed by atoms with Crippen molar-refractivity contribution in [2.24, 2.45) is 5.73 Å². The summed E-state index contributed by atoms with van der Waals surface area (Å²) in [4.78, 5) is 21.7. The number of aliphatic carboxylic acids is 1. The molecule has 7 heteroatoms. The van der Waals surface area contributed by atoms with Crippen LogP contribution in [0.2, 0.25) is 0 Å². The van der Waals surface area contributed by atoms with Crippen molar-refractivity contribution in [3.63, 3.8) is 0 Å². The molecule has 0 spiro atoms. The van der Waals surface area contributed by atoms with E-state index in [-0.39, 0.29) is 11.1 Å². The van der Waals surface area contributed by atoms with Crippen molar-refractivity contribution in [3.05, 3.63) is 29.7 Å². The normalized spacial score (nSPS) is 10.6. The highest BCUT2D eigenvalue weighted by Crippen LogP contribution is 2.19. The number of nitrogens with zero attached hydrogens (tertiary/aromatic N) is 2. The van der Waals surface area contributed by atoms with E-state index in [2.05, 4.69) is 5.10 Å². The van der Waals surface area contributed by atoms with E-state index in [4.69, 9.17) is 10.8 Å². The number of rotatable bonds is 3. The van der Waals surface area contributed by atoms with E-state index < -0.39 is 24.2 Å². The smallest absolute Gasteiger partial charge is 0.325 e. The molecule has 88 valence electrons. The van der Waals surface area contributed by atoms with Gasteiger partial charge in [-0.1, -0.05) is 0 Å². The zero-order chi connectivity index (χ0) is 12.6. The Morgan fingerprint density at radius 2 is 2.18 bits per heavy atom. The Balaban J connectivity index is 2.70. The van der Waals surface area contributed by atoms with Gasteiger partial charge in [0, 0.05) is 5.39 Å². The van der Waals surface area contributed by atoms with Crippen LogP contribution in [0.3, 0.4) is 0 Å². The molecule has 0 fully saturated rings. The van der Waals surface area contributed by atoms with E-state index in [1.54, 1.807) is 0 Å². The van der Waals surface area contributed by atoms with E-state index in [9.17, 15) is 14.0 Å². The lowest BCUT2D eigenvalue weighted by atomic mass is 10.2. The SMILES string of the molecule is NC(=O)c1nn(CC(=O)O)c2ccc(F)cc12. The first kappa shape index (κ1) is 11.1. The molecular weight excluding hydrogens is 229 g/mol. The van der Waals surface area contributed by atoms with Crippen molar-refractivity contribution < 1.29 is 19.1 Å². The summed E-state index contributed by atoms with van der Waals surface area (Å²) in [5, 5.41) is 12.6. The average Bonchev–Trinajstić information content (AvgIpc) is 2.55. The molecule has 1 aromatic carbocycles. The average molecular weight is 237 g/mol. The number of carboxylic acids is 1. The molecule has 0 radical (unpaired) electrons. The number of carboxylic acid groups (broad SMARTS) is 1. The van der Waals surface area contributed by atoms with Crippen LogP contribution in [0.15, 0.2) is 18.2 Å². The maximum atomic E-state index is 13.0. The molecule has 1 aromatic heterocycles. The lowest BCUT2D eigenvalue weighted by Gasteiger charge is -1.97. The molecule has 2 aromatic rings. The summed E-state index contributed by atoms with van der Waals surface area (Å²) in [6, 6.07) is 3.61. The number of carbonyl (C=O) groups excluding carboxylic acids is 1. The largest absolute Gasteiger partial charge is 0.480 e. The zero-order valence-corrected chi connectivity index (χ0v) is 8.55. The fourth-order valence-corrected chi connectivity index (χ4v) is 1.58. The molecule has 0 atom stereocenters. The van der Waals surface area contributed by atoms with E-state index in [0.29, 0.717) is 5.52 Å². The van der Waals surface area contributed by atoms with Gasteiger partial charge in [-0.15, -0.1) is 0 Å². The van der Waals surface area contributed by atoms with Crippen LogP contribution in [-0.2, 0) is 11.3 Å². The van der Waals surface area contributed by atoms with Crippen molar-refractivity contribution in [3.8, 4) is 0 Å². The summed E-state index contributed by atoms with van der Waals surface area (Å²) < 4.78 is 14.1. The minimum absolute atomic E-state index is 0.138. The Hall–Kier alpha value is -2.44. The van der Waals surface area contributed by atoms with Gasteiger partial charge >= 0.3 is 5.97 Å². The summed E-state index contributed by atoms with van der Waals surface area (Å²) in [6.45, 7) is -0.421. The first-order valence-electron chi connectivity index (χ1n) is 4.66. The fourth-order valence-electron chi connectivity index (χ4n) is 1.58. The van der Waals surface area contributed by atoms with E-state index in [1.165, 1.54) is 6.07 Å². The predicted octanol–water partition coefficient (Wildman–Crippen LogP) is 0.359. The van der Waals surface area contributed by atoms with Gasteiger partial charge in [-0.05, 0) is 18.2 Å². The van der Waals surface area contributed by atoms with Gasteiger partial charge in [0.1, 0.15) is 12.4 Å². The van der Waals surface area contributed by atoms with Crippen LogP contribution in [0.5, 0.6) is 0 Å². The van der Waals surface area contributed by atoms with Gasteiger partial charge < -0.3 is 10.8 Å². The van der Waals surface area contributed by atoms with Crippen LogP contribution in [-0.4, -0.2) is 26.8 Å². The van der Waals surface area contributed by atoms with Crippen LogP contribution < -0.4 is 5.73 Å². The van der Waals surface area contributed by atoms with Crippen LogP contribution in [0, 0.1) is 5.82 Å². The van der Waals surface area contributed by atoms with Crippen LogP contribution >= 0.6 is 0 Å².